The van der Waals surface area contributed by atoms with E-state index in [-0.39, 0.29) is 10.7 Å². The Morgan fingerprint density at radius 1 is 1.67 bits per heavy atom. The quantitative estimate of drug-likeness (QED) is 0.420. The van der Waals surface area contributed by atoms with E-state index in [4.69, 9.17) is 5.26 Å². The minimum absolute atomic E-state index is 0.190. The molecule has 0 fully saturated rings. The molecule has 1 aliphatic carbocycles. The monoisotopic (exact) mass is 185 g/mol. The molecule has 2 unspecified atom stereocenters. The third-order valence-electron chi connectivity index (χ3n) is 1.51. The van der Waals surface area contributed by atoms with E-state index in [9.17, 15) is 0 Å². The molecule has 1 aliphatic rings. The van der Waals surface area contributed by atoms with E-state index < -0.39 is 0 Å². The van der Waals surface area contributed by atoms with Crippen LogP contribution in [0.1, 0.15) is 12.8 Å². The molecule has 0 radical (unpaired) electrons. The Morgan fingerprint density at radius 2 is 2.44 bits per heavy atom. The molecule has 0 amide bonds. The van der Waals surface area contributed by atoms with Crippen molar-refractivity contribution in [1.29, 1.82) is 5.26 Å². The topological polar surface area (TPSA) is 23.8 Å². The van der Waals surface area contributed by atoms with Crippen molar-refractivity contribution in [2.75, 3.05) is 0 Å². The molecule has 2 atom stereocenters. The third kappa shape index (κ3) is 1.56. The summed E-state index contributed by atoms with van der Waals surface area (Å²) >= 11 is 3.41. The van der Waals surface area contributed by atoms with E-state index in [0.29, 0.717) is 0 Å². The number of rotatable bonds is 0. The van der Waals surface area contributed by atoms with Gasteiger partial charge >= 0.3 is 0 Å². The first-order valence-corrected chi connectivity index (χ1v) is 3.96. The fourth-order valence-electron chi connectivity index (χ4n) is 0.931. The summed E-state index contributed by atoms with van der Waals surface area (Å²) in [5, 5.41) is 8.55. The first-order chi connectivity index (χ1) is 4.34. The van der Waals surface area contributed by atoms with Gasteiger partial charge in [-0.05, 0) is 12.8 Å². The molecule has 0 aromatic heterocycles. The van der Waals surface area contributed by atoms with E-state index in [1.165, 1.54) is 0 Å². The van der Waals surface area contributed by atoms with Crippen LogP contribution in [0.4, 0.5) is 0 Å². The minimum Gasteiger partial charge on any atom is -0.198 e. The zero-order valence-electron chi connectivity index (χ0n) is 5.05. The lowest BCUT2D eigenvalue weighted by molar-refractivity contribution is 0.613. The number of hydrogen-bond acceptors (Lipinski definition) is 1. The molecule has 0 heterocycles. The number of alkyl halides is 1. The molecule has 0 bridgehead atoms. The zero-order chi connectivity index (χ0) is 6.69. The Kier molecular flexibility index (Phi) is 2.29. The van der Waals surface area contributed by atoms with Gasteiger partial charge in [0.15, 0.2) is 0 Å². The van der Waals surface area contributed by atoms with Crippen LogP contribution in [0.5, 0.6) is 0 Å². The Hall–Kier alpha value is -0.290. The molecule has 1 nitrogen and oxygen atoms in total. The van der Waals surface area contributed by atoms with Gasteiger partial charge in [0.1, 0.15) is 0 Å². The van der Waals surface area contributed by atoms with Crippen LogP contribution in [0.25, 0.3) is 0 Å². The van der Waals surface area contributed by atoms with Gasteiger partial charge in [-0.15, -0.1) is 0 Å². The molecule has 0 saturated carbocycles. The van der Waals surface area contributed by atoms with E-state index in [2.05, 4.69) is 34.2 Å². The van der Waals surface area contributed by atoms with Crippen LogP contribution in [0.15, 0.2) is 12.2 Å². The van der Waals surface area contributed by atoms with Gasteiger partial charge in [0, 0.05) is 4.83 Å². The van der Waals surface area contributed by atoms with Gasteiger partial charge in [-0.3, -0.25) is 0 Å². The number of nitrogens with zero attached hydrogens (tertiary/aromatic N) is 1. The van der Waals surface area contributed by atoms with Gasteiger partial charge in [0.2, 0.25) is 0 Å². The molecule has 0 aliphatic heterocycles. The summed E-state index contributed by atoms with van der Waals surface area (Å²) in [6.45, 7) is 0. The van der Waals surface area contributed by atoms with Crippen LogP contribution in [0, 0.1) is 17.2 Å². The number of hydrogen-bond donors (Lipinski definition) is 0. The highest BCUT2D eigenvalue weighted by atomic mass is 79.9. The first-order valence-electron chi connectivity index (χ1n) is 3.05. The Labute approximate surface area is 63.5 Å². The predicted molar refractivity (Wildman–Crippen MR) is 40.2 cm³/mol. The highest BCUT2D eigenvalue weighted by molar-refractivity contribution is 9.09. The van der Waals surface area contributed by atoms with Crippen LogP contribution in [0.3, 0.4) is 0 Å². The lowest BCUT2D eigenvalue weighted by Gasteiger charge is -2.14. The molecule has 0 spiro atoms. The SMILES string of the molecule is N#CC1CCC=CC1Br. The van der Waals surface area contributed by atoms with Gasteiger partial charge < -0.3 is 0 Å². The Bertz CT molecular complexity index is 157. The lowest BCUT2D eigenvalue weighted by atomic mass is 9.96. The van der Waals surface area contributed by atoms with Crippen molar-refractivity contribution >= 4 is 15.9 Å². The molecule has 0 saturated heterocycles. The summed E-state index contributed by atoms with van der Waals surface area (Å²) in [6.07, 6.45) is 6.23. The standard InChI is InChI=1S/C7H8BrN/c8-7-4-2-1-3-6(7)5-9/h2,4,6-7H,1,3H2. The van der Waals surface area contributed by atoms with Crippen LogP contribution >= 0.6 is 15.9 Å². The molecule has 2 heteroatoms. The Morgan fingerprint density at radius 3 is 2.89 bits per heavy atom. The van der Waals surface area contributed by atoms with E-state index >= 15 is 0 Å². The second-order valence-corrected chi connectivity index (χ2v) is 3.24. The van der Waals surface area contributed by atoms with Crippen molar-refractivity contribution in [3.63, 3.8) is 0 Å². The second-order valence-electron chi connectivity index (χ2n) is 2.19. The van der Waals surface area contributed by atoms with Crippen molar-refractivity contribution in [2.45, 2.75) is 17.7 Å². The molecule has 0 aromatic rings. The van der Waals surface area contributed by atoms with Crippen LogP contribution in [0.2, 0.25) is 0 Å². The second kappa shape index (κ2) is 3.03. The van der Waals surface area contributed by atoms with Gasteiger partial charge in [-0.2, -0.15) is 5.26 Å². The van der Waals surface area contributed by atoms with Crippen molar-refractivity contribution in [3.05, 3.63) is 12.2 Å². The summed E-state index contributed by atoms with van der Waals surface area (Å²) in [5.74, 6) is 0.190. The number of allylic oxidation sites excluding steroid dienone is 2. The summed E-state index contributed by atoms with van der Waals surface area (Å²) in [4.78, 5) is 0.288. The average molecular weight is 186 g/mol. The van der Waals surface area contributed by atoms with Gasteiger partial charge in [-0.1, -0.05) is 28.1 Å². The van der Waals surface area contributed by atoms with Crippen LogP contribution in [-0.4, -0.2) is 4.83 Å². The average Bonchev–Trinajstić information content (AvgIpc) is 1.89. The van der Waals surface area contributed by atoms with Gasteiger partial charge in [0.25, 0.3) is 0 Å². The molecule has 9 heavy (non-hydrogen) atoms. The van der Waals surface area contributed by atoms with Crippen molar-refractivity contribution < 1.29 is 0 Å². The van der Waals surface area contributed by atoms with E-state index in [1.54, 1.807) is 0 Å². The summed E-state index contributed by atoms with van der Waals surface area (Å²) in [5.41, 5.74) is 0. The smallest absolute Gasteiger partial charge is 0.0671 e. The van der Waals surface area contributed by atoms with Crippen molar-refractivity contribution in [3.8, 4) is 6.07 Å². The summed E-state index contributed by atoms with van der Waals surface area (Å²) in [7, 11) is 0. The minimum atomic E-state index is 0.190. The zero-order valence-corrected chi connectivity index (χ0v) is 6.63. The fraction of sp³-hybridized carbons (Fsp3) is 0.571. The van der Waals surface area contributed by atoms with Crippen molar-refractivity contribution in [2.24, 2.45) is 5.92 Å². The number of halogens is 1. The lowest BCUT2D eigenvalue weighted by Crippen LogP contribution is -2.12. The highest BCUT2D eigenvalue weighted by Gasteiger charge is 2.17. The summed E-state index contributed by atoms with van der Waals surface area (Å²) in [6, 6.07) is 2.26. The van der Waals surface area contributed by atoms with Gasteiger partial charge in [0.05, 0.1) is 12.0 Å². The first kappa shape index (κ1) is 6.82. The fourth-order valence-corrected chi connectivity index (χ4v) is 1.53. The predicted octanol–water partition coefficient (Wildman–Crippen LogP) is 2.24. The third-order valence-corrected chi connectivity index (χ3v) is 2.46. The highest BCUT2D eigenvalue weighted by Crippen LogP contribution is 2.23. The molecule has 48 valence electrons. The largest absolute Gasteiger partial charge is 0.198 e. The van der Waals surface area contributed by atoms with Crippen molar-refractivity contribution in [1.82, 2.24) is 0 Å². The van der Waals surface area contributed by atoms with E-state index in [0.717, 1.165) is 12.8 Å². The molecule has 0 aromatic carbocycles. The van der Waals surface area contributed by atoms with Gasteiger partial charge in [-0.25, -0.2) is 0 Å². The summed E-state index contributed by atoms with van der Waals surface area (Å²) < 4.78 is 0. The molecular weight excluding hydrogens is 178 g/mol. The van der Waals surface area contributed by atoms with E-state index in [1.807, 2.05) is 0 Å². The molecular formula is C7H8BrN. The number of nitriles is 1. The maximum atomic E-state index is 8.55. The van der Waals surface area contributed by atoms with Crippen LogP contribution < -0.4 is 0 Å². The Balaban J connectivity index is 2.57. The van der Waals surface area contributed by atoms with Crippen LogP contribution in [-0.2, 0) is 0 Å². The normalized spacial score (nSPS) is 33.8. The maximum absolute atomic E-state index is 8.55. The molecule has 0 N–H and O–H groups in total. The molecule has 1 rings (SSSR count). The maximum Gasteiger partial charge on any atom is 0.0671 e.